The molecule has 0 saturated carbocycles. The highest BCUT2D eigenvalue weighted by molar-refractivity contribution is 4.55. The van der Waals surface area contributed by atoms with Gasteiger partial charge in [0.15, 0.2) is 0 Å². The molecule has 0 aliphatic heterocycles. The fraction of sp³-hybridized carbons (Fsp3) is 1.00. The molecule has 0 spiro atoms. The molecule has 0 radical (unpaired) electrons. The van der Waals surface area contributed by atoms with Crippen molar-refractivity contribution in [2.24, 2.45) is 5.92 Å². The molecule has 0 fully saturated rings. The van der Waals surface area contributed by atoms with Gasteiger partial charge in [0.1, 0.15) is 0 Å². The van der Waals surface area contributed by atoms with Crippen LogP contribution >= 0.6 is 0 Å². The quantitative estimate of drug-likeness (QED) is 0.567. The van der Waals surface area contributed by atoms with E-state index in [0.717, 1.165) is 19.8 Å². The van der Waals surface area contributed by atoms with Gasteiger partial charge in [0.2, 0.25) is 0 Å². The summed E-state index contributed by atoms with van der Waals surface area (Å²) in [6.45, 7) is 6.69. The van der Waals surface area contributed by atoms with E-state index in [1.165, 1.54) is 12.8 Å². The molecule has 2 heteroatoms. The molecule has 1 atom stereocenters. The molecule has 0 N–H and O–H groups in total. The van der Waals surface area contributed by atoms with Crippen LogP contribution < -0.4 is 0 Å². The lowest BCUT2D eigenvalue weighted by Gasteiger charge is -2.14. The van der Waals surface area contributed by atoms with Gasteiger partial charge in [-0.3, -0.25) is 0 Å². The summed E-state index contributed by atoms with van der Waals surface area (Å²) in [7, 11) is 1.74. The molecule has 11 heavy (non-hydrogen) atoms. The Hall–Kier alpha value is -0.0800. The molecule has 68 valence electrons. The van der Waals surface area contributed by atoms with Crippen molar-refractivity contribution in [1.29, 1.82) is 0 Å². The first-order valence-electron chi connectivity index (χ1n) is 4.41. The van der Waals surface area contributed by atoms with Crippen molar-refractivity contribution in [1.82, 2.24) is 0 Å². The Bertz CT molecular complexity index is 68.0. The number of hydrogen-bond acceptors (Lipinski definition) is 2. The molecule has 0 heterocycles. The topological polar surface area (TPSA) is 18.5 Å². The zero-order valence-electron chi connectivity index (χ0n) is 7.93. The van der Waals surface area contributed by atoms with Crippen LogP contribution in [0.15, 0.2) is 0 Å². The van der Waals surface area contributed by atoms with Gasteiger partial charge in [-0.25, -0.2) is 0 Å². The molecule has 0 aliphatic rings. The summed E-state index contributed by atoms with van der Waals surface area (Å²) in [5, 5.41) is 0. The average Bonchev–Trinajstić information content (AvgIpc) is 2.01. The number of rotatable bonds is 7. The summed E-state index contributed by atoms with van der Waals surface area (Å²) in [6.07, 6.45) is 2.41. The van der Waals surface area contributed by atoms with Gasteiger partial charge in [0.05, 0.1) is 13.2 Å². The monoisotopic (exact) mass is 160 g/mol. The largest absolute Gasteiger partial charge is 0.384 e. The summed E-state index contributed by atoms with van der Waals surface area (Å²) >= 11 is 0. The molecule has 1 unspecified atom stereocenters. The van der Waals surface area contributed by atoms with Gasteiger partial charge in [-0.05, 0) is 13.3 Å². The Balaban J connectivity index is 3.34. The van der Waals surface area contributed by atoms with Crippen LogP contribution in [0.3, 0.4) is 0 Å². The predicted molar refractivity (Wildman–Crippen MR) is 46.8 cm³/mol. The lowest BCUT2D eigenvalue weighted by molar-refractivity contribution is 0.0597. The van der Waals surface area contributed by atoms with Crippen LogP contribution in [-0.4, -0.2) is 26.9 Å². The first kappa shape index (κ1) is 10.9. The molecule has 2 nitrogen and oxygen atoms in total. The Morgan fingerprint density at radius 1 is 1.18 bits per heavy atom. The van der Waals surface area contributed by atoms with E-state index in [9.17, 15) is 0 Å². The van der Waals surface area contributed by atoms with Crippen molar-refractivity contribution in [3.63, 3.8) is 0 Å². The van der Waals surface area contributed by atoms with Crippen LogP contribution in [0.2, 0.25) is 0 Å². The SMILES string of the molecule is CCCC(COC)COCC. The fourth-order valence-electron chi connectivity index (χ4n) is 1.14. The minimum atomic E-state index is 0.588. The summed E-state index contributed by atoms with van der Waals surface area (Å²) in [6, 6.07) is 0. The first-order valence-corrected chi connectivity index (χ1v) is 4.41. The average molecular weight is 160 g/mol. The highest BCUT2D eigenvalue weighted by Gasteiger charge is 2.06. The van der Waals surface area contributed by atoms with E-state index in [2.05, 4.69) is 6.92 Å². The van der Waals surface area contributed by atoms with E-state index in [4.69, 9.17) is 9.47 Å². The maximum atomic E-state index is 5.32. The second kappa shape index (κ2) is 8.02. The number of methoxy groups -OCH3 is 1. The van der Waals surface area contributed by atoms with Gasteiger partial charge < -0.3 is 9.47 Å². The smallest absolute Gasteiger partial charge is 0.0516 e. The van der Waals surface area contributed by atoms with Gasteiger partial charge in [-0.2, -0.15) is 0 Å². The van der Waals surface area contributed by atoms with Gasteiger partial charge in [0.25, 0.3) is 0 Å². The lowest BCUT2D eigenvalue weighted by atomic mass is 10.1. The van der Waals surface area contributed by atoms with Gasteiger partial charge in [-0.1, -0.05) is 13.3 Å². The summed E-state index contributed by atoms with van der Waals surface area (Å²) in [5.74, 6) is 0.588. The van der Waals surface area contributed by atoms with E-state index in [-0.39, 0.29) is 0 Å². The van der Waals surface area contributed by atoms with Crippen LogP contribution in [0, 0.1) is 5.92 Å². The summed E-state index contributed by atoms with van der Waals surface area (Å²) in [5.41, 5.74) is 0. The van der Waals surface area contributed by atoms with Gasteiger partial charge >= 0.3 is 0 Å². The Labute approximate surface area is 69.9 Å². The summed E-state index contributed by atoms with van der Waals surface area (Å²) < 4.78 is 10.4. The zero-order valence-corrected chi connectivity index (χ0v) is 7.93. The third-order valence-electron chi connectivity index (χ3n) is 1.66. The first-order chi connectivity index (χ1) is 5.35. The third-order valence-corrected chi connectivity index (χ3v) is 1.66. The Morgan fingerprint density at radius 2 is 1.91 bits per heavy atom. The fourth-order valence-corrected chi connectivity index (χ4v) is 1.14. The second-order valence-corrected chi connectivity index (χ2v) is 2.77. The Morgan fingerprint density at radius 3 is 2.36 bits per heavy atom. The number of ether oxygens (including phenoxy) is 2. The third kappa shape index (κ3) is 6.32. The standard InChI is InChI=1S/C9H20O2/c1-4-6-9(7-10-3)8-11-5-2/h9H,4-8H2,1-3H3. The Kier molecular flexibility index (Phi) is 7.96. The molecule has 0 aliphatic carbocycles. The van der Waals surface area contributed by atoms with Crippen LogP contribution in [-0.2, 0) is 9.47 Å². The van der Waals surface area contributed by atoms with Crippen molar-refractivity contribution in [2.45, 2.75) is 26.7 Å². The molecular formula is C9H20O2. The maximum absolute atomic E-state index is 5.32. The van der Waals surface area contributed by atoms with E-state index >= 15 is 0 Å². The van der Waals surface area contributed by atoms with Crippen molar-refractivity contribution < 1.29 is 9.47 Å². The molecule has 0 bridgehead atoms. The highest BCUT2D eigenvalue weighted by atomic mass is 16.5. The molecule has 0 aromatic rings. The minimum absolute atomic E-state index is 0.588. The number of hydrogen-bond donors (Lipinski definition) is 0. The van der Waals surface area contributed by atoms with Crippen LogP contribution in [0.1, 0.15) is 26.7 Å². The maximum Gasteiger partial charge on any atom is 0.0516 e. The second-order valence-electron chi connectivity index (χ2n) is 2.77. The lowest BCUT2D eigenvalue weighted by Crippen LogP contribution is -2.15. The zero-order chi connectivity index (χ0) is 8.53. The molecular weight excluding hydrogens is 140 g/mol. The van der Waals surface area contributed by atoms with Gasteiger partial charge in [-0.15, -0.1) is 0 Å². The van der Waals surface area contributed by atoms with E-state index in [0.29, 0.717) is 5.92 Å². The van der Waals surface area contributed by atoms with E-state index in [1.807, 2.05) is 6.92 Å². The molecule has 0 aromatic carbocycles. The van der Waals surface area contributed by atoms with Crippen molar-refractivity contribution in [2.75, 3.05) is 26.9 Å². The minimum Gasteiger partial charge on any atom is -0.384 e. The molecule has 0 saturated heterocycles. The summed E-state index contributed by atoms with van der Waals surface area (Å²) in [4.78, 5) is 0. The molecule has 0 rings (SSSR count). The van der Waals surface area contributed by atoms with Crippen molar-refractivity contribution >= 4 is 0 Å². The van der Waals surface area contributed by atoms with E-state index in [1.54, 1.807) is 7.11 Å². The van der Waals surface area contributed by atoms with Gasteiger partial charge in [0, 0.05) is 19.6 Å². The van der Waals surface area contributed by atoms with E-state index < -0.39 is 0 Å². The predicted octanol–water partition coefficient (Wildman–Crippen LogP) is 2.09. The molecule has 0 amide bonds. The highest BCUT2D eigenvalue weighted by Crippen LogP contribution is 2.06. The van der Waals surface area contributed by atoms with Crippen molar-refractivity contribution in [3.8, 4) is 0 Å². The van der Waals surface area contributed by atoms with Crippen molar-refractivity contribution in [3.05, 3.63) is 0 Å². The molecule has 0 aromatic heterocycles. The van der Waals surface area contributed by atoms with Crippen LogP contribution in [0.4, 0.5) is 0 Å². The van der Waals surface area contributed by atoms with Crippen LogP contribution in [0.25, 0.3) is 0 Å². The normalized spacial score (nSPS) is 13.4. The van der Waals surface area contributed by atoms with Crippen LogP contribution in [0.5, 0.6) is 0 Å².